The summed E-state index contributed by atoms with van der Waals surface area (Å²) in [5.74, 6) is 0.540. The lowest BCUT2D eigenvalue weighted by Crippen LogP contribution is -2.17. The number of nitrogens with one attached hydrogen (secondary N) is 1. The van der Waals surface area contributed by atoms with Crippen molar-refractivity contribution in [3.63, 3.8) is 0 Å². The number of aromatic nitrogens is 1. The zero-order chi connectivity index (χ0) is 21.7. The fraction of sp³-hybridized carbons (Fsp3) is 0.455. The number of carbonyl (C=O) groups excluding carboxylic acids is 2. The number of thioether (sulfide) groups is 1. The van der Waals surface area contributed by atoms with Crippen molar-refractivity contribution in [3.05, 3.63) is 39.4 Å². The van der Waals surface area contributed by atoms with Crippen LogP contribution in [0.1, 0.15) is 58.7 Å². The van der Waals surface area contributed by atoms with Crippen molar-refractivity contribution >= 4 is 40.0 Å². The van der Waals surface area contributed by atoms with Gasteiger partial charge in [-0.25, -0.2) is 9.78 Å². The molecule has 0 saturated heterocycles. The summed E-state index contributed by atoms with van der Waals surface area (Å²) in [5.41, 5.74) is 2.90. The van der Waals surface area contributed by atoms with E-state index in [2.05, 4.69) is 23.3 Å². The topological polar surface area (TPSA) is 92.1 Å². The zero-order valence-electron chi connectivity index (χ0n) is 17.4. The van der Waals surface area contributed by atoms with E-state index in [1.165, 1.54) is 28.0 Å². The number of pyridine rings is 1. The standard InChI is InChI=1S/C22H25N3O3S2/c1-4-28-22(27)19-16-8-5-13(2)11-17(16)30-21(19)25-18(26)9-10-29-20-15(12-23)7-6-14(3)24-20/h6-7,13H,4-5,8-11H2,1-3H3,(H,25,26). The van der Waals surface area contributed by atoms with E-state index in [0.717, 1.165) is 30.5 Å². The molecule has 30 heavy (non-hydrogen) atoms. The Morgan fingerprint density at radius 2 is 2.23 bits per heavy atom. The van der Waals surface area contributed by atoms with Crippen LogP contribution < -0.4 is 5.32 Å². The molecule has 0 aromatic carbocycles. The van der Waals surface area contributed by atoms with Crippen molar-refractivity contribution in [2.24, 2.45) is 5.92 Å². The molecular weight excluding hydrogens is 418 g/mol. The van der Waals surface area contributed by atoms with E-state index in [4.69, 9.17) is 4.74 Å². The molecule has 0 aliphatic heterocycles. The van der Waals surface area contributed by atoms with Crippen LogP contribution in [0.15, 0.2) is 17.2 Å². The Hall–Kier alpha value is -2.37. The Morgan fingerprint density at radius 1 is 1.43 bits per heavy atom. The molecule has 158 valence electrons. The van der Waals surface area contributed by atoms with Gasteiger partial charge in [-0.1, -0.05) is 6.92 Å². The van der Waals surface area contributed by atoms with Crippen LogP contribution in [0.25, 0.3) is 0 Å². The first-order valence-corrected chi connectivity index (χ1v) is 11.8. The number of hydrogen-bond acceptors (Lipinski definition) is 7. The molecule has 6 nitrogen and oxygen atoms in total. The van der Waals surface area contributed by atoms with Crippen LogP contribution in [0, 0.1) is 24.2 Å². The van der Waals surface area contributed by atoms with Crippen LogP contribution in [0.2, 0.25) is 0 Å². The molecule has 1 amide bonds. The Kier molecular flexibility index (Phi) is 7.51. The zero-order valence-corrected chi connectivity index (χ0v) is 19.0. The SMILES string of the molecule is CCOC(=O)c1c(NC(=O)CCSc2nc(C)ccc2C#N)sc2c1CCC(C)C2. The number of nitrogens with zero attached hydrogens (tertiary/aromatic N) is 2. The van der Waals surface area contributed by atoms with Gasteiger partial charge in [-0.2, -0.15) is 5.26 Å². The van der Waals surface area contributed by atoms with Gasteiger partial charge in [0.15, 0.2) is 0 Å². The third kappa shape index (κ3) is 5.21. The number of amides is 1. The van der Waals surface area contributed by atoms with Gasteiger partial charge in [-0.05, 0) is 56.7 Å². The molecule has 1 N–H and O–H groups in total. The van der Waals surface area contributed by atoms with Gasteiger partial charge in [-0.3, -0.25) is 4.79 Å². The van der Waals surface area contributed by atoms with Crippen molar-refractivity contribution in [3.8, 4) is 6.07 Å². The molecule has 0 saturated carbocycles. The number of esters is 1. The van der Waals surface area contributed by atoms with E-state index in [1.54, 1.807) is 19.1 Å². The van der Waals surface area contributed by atoms with Crippen molar-refractivity contribution in [1.29, 1.82) is 5.26 Å². The molecule has 0 spiro atoms. The molecule has 1 atom stereocenters. The number of hydrogen-bond donors (Lipinski definition) is 1. The van der Waals surface area contributed by atoms with Crippen LogP contribution >= 0.6 is 23.1 Å². The van der Waals surface area contributed by atoms with Gasteiger partial charge >= 0.3 is 5.97 Å². The van der Waals surface area contributed by atoms with Gasteiger partial charge in [0.25, 0.3) is 0 Å². The molecule has 1 aliphatic carbocycles. The normalized spacial score (nSPS) is 15.2. The minimum Gasteiger partial charge on any atom is -0.462 e. The number of fused-ring (bicyclic) bond motifs is 1. The Labute approximate surface area is 185 Å². The maximum Gasteiger partial charge on any atom is 0.341 e. The van der Waals surface area contributed by atoms with E-state index >= 15 is 0 Å². The smallest absolute Gasteiger partial charge is 0.341 e. The summed E-state index contributed by atoms with van der Waals surface area (Å²) in [6.45, 7) is 6.16. The van der Waals surface area contributed by atoms with Crippen LogP contribution in [-0.4, -0.2) is 29.2 Å². The third-order valence-electron chi connectivity index (χ3n) is 4.93. The summed E-state index contributed by atoms with van der Waals surface area (Å²) < 4.78 is 5.25. The molecule has 0 fully saturated rings. The molecule has 3 rings (SSSR count). The Bertz CT molecular complexity index is 994. The van der Waals surface area contributed by atoms with Gasteiger partial charge in [-0.15, -0.1) is 23.1 Å². The second-order valence-corrected chi connectivity index (χ2v) is 9.53. The molecule has 1 unspecified atom stereocenters. The van der Waals surface area contributed by atoms with Gasteiger partial charge in [0.1, 0.15) is 16.1 Å². The predicted octanol–water partition coefficient (Wildman–Crippen LogP) is 4.75. The van der Waals surface area contributed by atoms with Gasteiger partial charge in [0.2, 0.25) is 5.91 Å². The highest BCUT2D eigenvalue weighted by atomic mass is 32.2. The van der Waals surface area contributed by atoms with Gasteiger partial charge in [0, 0.05) is 22.7 Å². The van der Waals surface area contributed by atoms with E-state index in [-0.39, 0.29) is 18.3 Å². The summed E-state index contributed by atoms with van der Waals surface area (Å²) in [6.07, 6.45) is 3.05. The van der Waals surface area contributed by atoms with Crippen molar-refractivity contribution in [2.45, 2.75) is 51.5 Å². The highest BCUT2D eigenvalue weighted by Crippen LogP contribution is 2.40. The number of carbonyl (C=O) groups is 2. The average Bonchev–Trinajstić information content (AvgIpc) is 3.05. The molecule has 0 bridgehead atoms. The largest absolute Gasteiger partial charge is 0.462 e. The van der Waals surface area contributed by atoms with Crippen LogP contribution in [0.4, 0.5) is 5.00 Å². The number of thiophene rings is 1. The number of nitriles is 1. The monoisotopic (exact) mass is 443 g/mol. The van der Waals surface area contributed by atoms with E-state index in [1.807, 2.05) is 6.92 Å². The molecule has 2 heterocycles. The quantitative estimate of drug-likeness (QED) is 0.491. The van der Waals surface area contributed by atoms with Crippen molar-refractivity contribution in [1.82, 2.24) is 4.98 Å². The van der Waals surface area contributed by atoms with Crippen LogP contribution in [0.5, 0.6) is 0 Å². The summed E-state index contributed by atoms with van der Waals surface area (Å²) in [4.78, 5) is 30.7. The highest BCUT2D eigenvalue weighted by molar-refractivity contribution is 7.99. The molecular formula is C22H25N3O3S2. The van der Waals surface area contributed by atoms with E-state index in [9.17, 15) is 14.9 Å². The predicted molar refractivity (Wildman–Crippen MR) is 119 cm³/mol. The summed E-state index contributed by atoms with van der Waals surface area (Å²) >= 11 is 2.88. The molecule has 1 aliphatic rings. The second-order valence-electron chi connectivity index (χ2n) is 7.34. The summed E-state index contributed by atoms with van der Waals surface area (Å²) in [6, 6.07) is 5.67. The van der Waals surface area contributed by atoms with Crippen LogP contribution in [0.3, 0.4) is 0 Å². The Morgan fingerprint density at radius 3 is 2.97 bits per heavy atom. The molecule has 0 radical (unpaired) electrons. The lowest BCUT2D eigenvalue weighted by atomic mass is 9.88. The number of aryl methyl sites for hydroxylation is 1. The van der Waals surface area contributed by atoms with Crippen molar-refractivity contribution < 1.29 is 14.3 Å². The fourth-order valence-corrected chi connectivity index (χ4v) is 5.79. The molecule has 2 aromatic rings. The van der Waals surface area contributed by atoms with Gasteiger partial charge < -0.3 is 10.1 Å². The van der Waals surface area contributed by atoms with Crippen LogP contribution in [-0.2, 0) is 22.4 Å². The lowest BCUT2D eigenvalue weighted by molar-refractivity contribution is -0.115. The first kappa shape index (κ1) is 22.3. The lowest BCUT2D eigenvalue weighted by Gasteiger charge is -2.18. The fourth-order valence-electron chi connectivity index (χ4n) is 3.42. The second kappa shape index (κ2) is 10.1. The summed E-state index contributed by atoms with van der Waals surface area (Å²) in [5, 5.41) is 13.4. The number of ether oxygens (including phenoxy) is 1. The van der Waals surface area contributed by atoms with Gasteiger partial charge in [0.05, 0.1) is 17.7 Å². The minimum atomic E-state index is -0.364. The average molecular weight is 444 g/mol. The molecule has 2 aromatic heterocycles. The Balaban J connectivity index is 1.68. The highest BCUT2D eigenvalue weighted by Gasteiger charge is 2.29. The molecule has 8 heteroatoms. The number of rotatable bonds is 7. The van der Waals surface area contributed by atoms with Crippen molar-refractivity contribution in [2.75, 3.05) is 17.7 Å². The number of anilines is 1. The maximum atomic E-state index is 12.6. The summed E-state index contributed by atoms with van der Waals surface area (Å²) in [7, 11) is 0. The first-order valence-electron chi connectivity index (χ1n) is 10.0. The maximum absolute atomic E-state index is 12.6. The third-order valence-corrected chi connectivity index (χ3v) is 7.09. The first-order chi connectivity index (χ1) is 14.4. The van der Waals surface area contributed by atoms with E-state index in [0.29, 0.717) is 39.4 Å². The minimum absolute atomic E-state index is 0.161. The van der Waals surface area contributed by atoms with E-state index < -0.39 is 0 Å².